The number of rotatable bonds is 4. The zero-order valence-corrected chi connectivity index (χ0v) is 12.6. The molecular weight excluding hydrogens is 303 g/mol. The van der Waals surface area contributed by atoms with E-state index in [1.165, 1.54) is 0 Å². The number of aromatic nitrogens is 4. The second-order valence-electron chi connectivity index (χ2n) is 5.31. The van der Waals surface area contributed by atoms with Gasteiger partial charge in [-0.2, -0.15) is 0 Å². The number of nitrogens with zero attached hydrogens (tertiary/aromatic N) is 4. The van der Waals surface area contributed by atoms with Gasteiger partial charge in [0.1, 0.15) is 11.5 Å². The van der Waals surface area contributed by atoms with E-state index in [0.29, 0.717) is 12.4 Å². The van der Waals surface area contributed by atoms with E-state index in [9.17, 15) is 4.39 Å². The number of hydrogen-bond acceptors (Lipinski definition) is 6. The second-order valence-corrected chi connectivity index (χ2v) is 6.19. The zero-order chi connectivity index (χ0) is 14.9. The Morgan fingerprint density at radius 1 is 1.36 bits per heavy atom. The van der Waals surface area contributed by atoms with Gasteiger partial charge in [-0.1, -0.05) is 0 Å². The molecule has 0 radical (unpaired) electrons. The molecule has 0 bridgehead atoms. The van der Waals surface area contributed by atoms with Crippen LogP contribution in [0.2, 0.25) is 0 Å². The lowest BCUT2D eigenvalue weighted by atomic mass is 10.1. The van der Waals surface area contributed by atoms with Gasteiger partial charge in [0.2, 0.25) is 0 Å². The summed E-state index contributed by atoms with van der Waals surface area (Å²) < 4.78 is 15.0. The first-order valence-corrected chi connectivity index (χ1v) is 7.99. The number of anilines is 1. The minimum atomic E-state index is -0.337. The Balaban J connectivity index is 1.62. The average Bonchev–Trinajstić information content (AvgIpc) is 3.23. The molecule has 3 aromatic rings. The van der Waals surface area contributed by atoms with E-state index in [-0.39, 0.29) is 18.6 Å². The molecule has 0 aromatic carbocycles. The lowest BCUT2D eigenvalue weighted by Crippen LogP contribution is -2.29. The predicted molar refractivity (Wildman–Crippen MR) is 83.8 cm³/mol. The molecule has 1 aliphatic rings. The largest absolute Gasteiger partial charge is 0.364 e. The second kappa shape index (κ2) is 5.62. The van der Waals surface area contributed by atoms with Crippen molar-refractivity contribution in [2.45, 2.75) is 6.04 Å². The molecule has 1 fully saturated rings. The molecular formula is C14H15FN6S. The van der Waals surface area contributed by atoms with Gasteiger partial charge in [0.05, 0.1) is 31.0 Å². The molecule has 6 nitrogen and oxygen atoms in total. The van der Waals surface area contributed by atoms with Crippen LogP contribution in [0.4, 0.5) is 10.2 Å². The van der Waals surface area contributed by atoms with E-state index in [1.807, 2.05) is 16.0 Å². The van der Waals surface area contributed by atoms with Gasteiger partial charge >= 0.3 is 0 Å². The summed E-state index contributed by atoms with van der Waals surface area (Å²) in [6, 6.07) is 0.0427. The summed E-state index contributed by atoms with van der Waals surface area (Å²) in [7, 11) is 0. The van der Waals surface area contributed by atoms with Crippen LogP contribution in [0.15, 0.2) is 30.2 Å². The van der Waals surface area contributed by atoms with Gasteiger partial charge in [-0.15, -0.1) is 11.3 Å². The molecule has 4 heterocycles. The predicted octanol–water partition coefficient (Wildman–Crippen LogP) is 1.82. The highest BCUT2D eigenvalue weighted by atomic mass is 32.1. The van der Waals surface area contributed by atoms with Gasteiger partial charge in [0, 0.05) is 36.6 Å². The lowest BCUT2D eigenvalue weighted by Gasteiger charge is -2.17. The third-order valence-electron chi connectivity index (χ3n) is 3.91. The molecule has 8 heteroatoms. The van der Waals surface area contributed by atoms with Crippen molar-refractivity contribution >= 4 is 22.1 Å². The Bertz CT molecular complexity index is 784. The van der Waals surface area contributed by atoms with Crippen LogP contribution in [-0.2, 0) is 0 Å². The molecule has 22 heavy (non-hydrogen) atoms. The van der Waals surface area contributed by atoms with E-state index in [4.69, 9.17) is 0 Å². The van der Waals surface area contributed by atoms with Gasteiger partial charge in [-0.05, 0) is 0 Å². The summed E-state index contributed by atoms with van der Waals surface area (Å²) in [6.07, 6.45) is 7.14. The fourth-order valence-electron chi connectivity index (χ4n) is 2.73. The molecule has 0 aliphatic carbocycles. The number of halogens is 1. The average molecular weight is 318 g/mol. The van der Waals surface area contributed by atoms with Crippen LogP contribution >= 0.6 is 11.3 Å². The van der Waals surface area contributed by atoms with Crippen LogP contribution in [0, 0.1) is 5.92 Å². The Morgan fingerprint density at radius 3 is 3.23 bits per heavy atom. The highest BCUT2D eigenvalue weighted by molar-refractivity contribution is 7.15. The molecule has 0 amide bonds. The first-order chi connectivity index (χ1) is 10.8. The van der Waals surface area contributed by atoms with Crippen molar-refractivity contribution in [2.24, 2.45) is 5.92 Å². The molecule has 4 rings (SSSR count). The molecule has 2 unspecified atom stereocenters. The van der Waals surface area contributed by atoms with Crippen molar-refractivity contribution in [3.05, 3.63) is 30.2 Å². The standard InChI is InChI=1S/C14H15FN6S/c15-3-9-4-16-5-10(9)19-13-8-17-6-11(20-13)12-7-18-14-21(12)1-2-22-14/h1-2,6-10,16H,3-5H2,(H,19,20). The third-order valence-corrected chi connectivity index (χ3v) is 4.69. The Morgan fingerprint density at radius 2 is 2.32 bits per heavy atom. The summed E-state index contributed by atoms with van der Waals surface area (Å²) in [4.78, 5) is 14.1. The van der Waals surface area contributed by atoms with E-state index >= 15 is 0 Å². The zero-order valence-electron chi connectivity index (χ0n) is 11.7. The van der Waals surface area contributed by atoms with Crippen LogP contribution in [0.3, 0.4) is 0 Å². The molecule has 0 spiro atoms. The highest BCUT2D eigenvalue weighted by Gasteiger charge is 2.27. The Hall–Kier alpha value is -2.06. The van der Waals surface area contributed by atoms with Crippen molar-refractivity contribution in [1.82, 2.24) is 24.7 Å². The maximum absolute atomic E-state index is 13.0. The maximum atomic E-state index is 13.0. The van der Waals surface area contributed by atoms with Crippen LogP contribution in [0.1, 0.15) is 0 Å². The summed E-state index contributed by atoms with van der Waals surface area (Å²) in [6.45, 7) is 1.09. The molecule has 1 saturated heterocycles. The summed E-state index contributed by atoms with van der Waals surface area (Å²) in [5, 5.41) is 8.46. The number of nitrogens with one attached hydrogen (secondary N) is 2. The fraction of sp³-hybridized carbons (Fsp3) is 0.357. The Labute approximate surface area is 130 Å². The number of thiazole rings is 1. The van der Waals surface area contributed by atoms with Crippen molar-refractivity contribution in [1.29, 1.82) is 0 Å². The van der Waals surface area contributed by atoms with Gasteiger partial charge in [-0.3, -0.25) is 13.8 Å². The van der Waals surface area contributed by atoms with E-state index in [0.717, 1.165) is 22.9 Å². The number of hydrogen-bond donors (Lipinski definition) is 2. The summed E-state index contributed by atoms with van der Waals surface area (Å²) >= 11 is 1.57. The maximum Gasteiger partial charge on any atom is 0.194 e. The minimum Gasteiger partial charge on any atom is -0.364 e. The molecule has 2 N–H and O–H groups in total. The van der Waals surface area contributed by atoms with Crippen molar-refractivity contribution in [3.8, 4) is 11.4 Å². The quantitative estimate of drug-likeness (QED) is 0.768. The highest BCUT2D eigenvalue weighted by Crippen LogP contribution is 2.23. The van der Waals surface area contributed by atoms with Crippen molar-refractivity contribution < 1.29 is 4.39 Å². The van der Waals surface area contributed by atoms with E-state index in [2.05, 4.69) is 25.6 Å². The van der Waals surface area contributed by atoms with Crippen LogP contribution in [0.5, 0.6) is 0 Å². The van der Waals surface area contributed by atoms with Crippen LogP contribution < -0.4 is 10.6 Å². The first kappa shape index (κ1) is 13.6. The first-order valence-electron chi connectivity index (χ1n) is 7.11. The SMILES string of the molecule is FCC1CNCC1Nc1cncc(-c2cnc3sccn23)n1. The van der Waals surface area contributed by atoms with Crippen molar-refractivity contribution in [2.75, 3.05) is 25.1 Å². The monoisotopic (exact) mass is 318 g/mol. The smallest absolute Gasteiger partial charge is 0.194 e. The summed E-state index contributed by atoms with van der Waals surface area (Å²) in [5.74, 6) is 0.638. The van der Waals surface area contributed by atoms with E-state index in [1.54, 1.807) is 29.9 Å². The number of fused-ring (bicyclic) bond motifs is 1. The van der Waals surface area contributed by atoms with Crippen LogP contribution in [0.25, 0.3) is 16.3 Å². The molecule has 114 valence electrons. The molecule has 3 aromatic heterocycles. The van der Waals surface area contributed by atoms with Gasteiger partial charge in [0.15, 0.2) is 4.96 Å². The minimum absolute atomic E-state index is 0.0241. The number of alkyl halides is 1. The van der Waals surface area contributed by atoms with Gasteiger partial charge in [-0.25, -0.2) is 9.97 Å². The van der Waals surface area contributed by atoms with E-state index < -0.39 is 0 Å². The van der Waals surface area contributed by atoms with Crippen molar-refractivity contribution in [3.63, 3.8) is 0 Å². The molecule has 0 saturated carbocycles. The fourth-order valence-corrected chi connectivity index (χ4v) is 3.42. The molecule has 1 aliphatic heterocycles. The normalized spacial score (nSPS) is 21.5. The van der Waals surface area contributed by atoms with Crippen LogP contribution in [-0.4, -0.2) is 45.2 Å². The molecule has 2 atom stereocenters. The van der Waals surface area contributed by atoms with Gasteiger partial charge in [0.25, 0.3) is 0 Å². The van der Waals surface area contributed by atoms with Gasteiger partial charge < -0.3 is 10.6 Å². The third kappa shape index (κ3) is 2.34. The summed E-state index contributed by atoms with van der Waals surface area (Å²) in [5.41, 5.74) is 1.65. The Kier molecular flexibility index (Phi) is 3.47. The topological polar surface area (TPSA) is 67.1 Å². The lowest BCUT2D eigenvalue weighted by molar-refractivity contribution is 0.367. The number of imidazole rings is 1.